The Hall–Kier alpha value is -0.870. The number of nitrogens with zero attached hydrogens (tertiary/aromatic N) is 2. The van der Waals surface area contributed by atoms with Crippen molar-refractivity contribution in [3.05, 3.63) is 17.3 Å². The number of likely N-dealkylation sites (tertiary alicyclic amines) is 1. The first-order valence-corrected chi connectivity index (χ1v) is 6.91. The molecule has 2 rings (SSSR count). The van der Waals surface area contributed by atoms with Gasteiger partial charge in [-0.25, -0.2) is 4.98 Å². The zero-order chi connectivity index (χ0) is 13.1. The van der Waals surface area contributed by atoms with Crippen LogP contribution in [0.5, 0.6) is 0 Å². The number of aromatic nitrogens is 1. The van der Waals surface area contributed by atoms with E-state index in [1.807, 2.05) is 20.8 Å². The average molecular weight is 252 g/mol. The fourth-order valence-corrected chi connectivity index (χ4v) is 2.71. The summed E-state index contributed by atoms with van der Waals surface area (Å²) in [5.41, 5.74) is 0.981. The molecule has 2 unspecified atom stereocenters. The van der Waals surface area contributed by atoms with Crippen LogP contribution in [0.1, 0.15) is 50.0 Å². The highest BCUT2D eigenvalue weighted by Crippen LogP contribution is 2.23. The van der Waals surface area contributed by atoms with Crippen molar-refractivity contribution in [3.63, 3.8) is 0 Å². The fourth-order valence-electron chi connectivity index (χ4n) is 2.71. The third-order valence-electron chi connectivity index (χ3n) is 3.77. The van der Waals surface area contributed by atoms with Gasteiger partial charge >= 0.3 is 0 Å². The zero-order valence-corrected chi connectivity index (χ0v) is 11.6. The molecule has 4 nitrogen and oxygen atoms in total. The largest absolute Gasteiger partial charge is 0.444 e. The van der Waals surface area contributed by atoms with Crippen LogP contribution in [0.4, 0.5) is 0 Å². The number of piperidine rings is 1. The third-order valence-corrected chi connectivity index (χ3v) is 3.77. The van der Waals surface area contributed by atoms with Crippen molar-refractivity contribution in [3.8, 4) is 0 Å². The Morgan fingerprint density at radius 2 is 2.22 bits per heavy atom. The predicted molar refractivity (Wildman–Crippen MR) is 70.3 cm³/mol. The van der Waals surface area contributed by atoms with Gasteiger partial charge in [0.15, 0.2) is 0 Å². The Morgan fingerprint density at radius 3 is 2.83 bits per heavy atom. The van der Waals surface area contributed by atoms with E-state index < -0.39 is 0 Å². The van der Waals surface area contributed by atoms with Crippen LogP contribution >= 0.6 is 0 Å². The molecule has 1 aromatic rings. The Kier molecular flexibility index (Phi) is 4.40. The van der Waals surface area contributed by atoms with Crippen LogP contribution < -0.4 is 0 Å². The SMILES string of the molecule is Cc1nc(CN2CCCCC2CC(C)O)oc1C. The van der Waals surface area contributed by atoms with E-state index in [1.54, 1.807) is 0 Å². The van der Waals surface area contributed by atoms with Gasteiger partial charge in [-0.15, -0.1) is 0 Å². The molecule has 1 N–H and O–H groups in total. The molecule has 18 heavy (non-hydrogen) atoms. The molecule has 2 atom stereocenters. The highest BCUT2D eigenvalue weighted by molar-refractivity contribution is 5.05. The number of oxazole rings is 1. The highest BCUT2D eigenvalue weighted by atomic mass is 16.4. The molecule has 0 aromatic carbocycles. The Bertz CT molecular complexity index is 368. The molecular formula is C14H24N2O2. The summed E-state index contributed by atoms with van der Waals surface area (Å²) in [7, 11) is 0. The fraction of sp³-hybridized carbons (Fsp3) is 0.786. The van der Waals surface area contributed by atoms with Gasteiger partial charge in [0, 0.05) is 6.04 Å². The van der Waals surface area contributed by atoms with Gasteiger partial charge < -0.3 is 9.52 Å². The van der Waals surface area contributed by atoms with Gasteiger partial charge in [0.1, 0.15) is 5.76 Å². The van der Waals surface area contributed by atoms with Crippen molar-refractivity contribution >= 4 is 0 Å². The second-order valence-electron chi connectivity index (χ2n) is 5.45. The zero-order valence-electron chi connectivity index (χ0n) is 11.6. The predicted octanol–water partition coefficient (Wildman–Crippen LogP) is 2.42. The van der Waals surface area contributed by atoms with Crippen molar-refractivity contribution in [2.24, 2.45) is 0 Å². The molecule has 1 aromatic heterocycles. The summed E-state index contributed by atoms with van der Waals surface area (Å²) in [6, 6.07) is 0.464. The maximum atomic E-state index is 9.57. The van der Waals surface area contributed by atoms with E-state index >= 15 is 0 Å². The van der Waals surface area contributed by atoms with E-state index in [-0.39, 0.29) is 6.10 Å². The van der Waals surface area contributed by atoms with Crippen molar-refractivity contribution in [2.45, 2.75) is 65.1 Å². The minimum absolute atomic E-state index is 0.233. The van der Waals surface area contributed by atoms with Crippen LogP contribution in [-0.4, -0.2) is 33.7 Å². The molecule has 2 heterocycles. The van der Waals surface area contributed by atoms with Crippen LogP contribution in [0.25, 0.3) is 0 Å². The van der Waals surface area contributed by atoms with E-state index in [0.717, 1.165) is 36.9 Å². The summed E-state index contributed by atoms with van der Waals surface area (Å²) in [6.45, 7) is 7.65. The third kappa shape index (κ3) is 3.33. The second-order valence-corrected chi connectivity index (χ2v) is 5.45. The molecule has 0 saturated carbocycles. The standard InChI is InChI=1S/C14H24N2O2/c1-10(17)8-13-6-4-5-7-16(13)9-14-15-11(2)12(3)18-14/h10,13,17H,4-9H2,1-3H3. The van der Waals surface area contributed by atoms with Crippen LogP contribution in [0.3, 0.4) is 0 Å². The van der Waals surface area contributed by atoms with Crippen LogP contribution in [0.2, 0.25) is 0 Å². The molecule has 0 amide bonds. The summed E-state index contributed by atoms with van der Waals surface area (Å²) < 4.78 is 5.66. The summed E-state index contributed by atoms with van der Waals surface area (Å²) >= 11 is 0. The monoisotopic (exact) mass is 252 g/mol. The Morgan fingerprint density at radius 1 is 1.44 bits per heavy atom. The number of rotatable bonds is 4. The Balaban J connectivity index is 2.00. The van der Waals surface area contributed by atoms with Crippen LogP contribution in [-0.2, 0) is 6.54 Å². The van der Waals surface area contributed by atoms with Crippen LogP contribution in [0.15, 0.2) is 4.42 Å². The second kappa shape index (κ2) is 5.85. The van der Waals surface area contributed by atoms with Gasteiger partial charge in [-0.2, -0.15) is 0 Å². The van der Waals surface area contributed by atoms with Crippen molar-refractivity contribution in [2.75, 3.05) is 6.54 Å². The molecule has 0 spiro atoms. The van der Waals surface area contributed by atoms with E-state index in [0.29, 0.717) is 6.04 Å². The van der Waals surface area contributed by atoms with Crippen molar-refractivity contribution in [1.29, 1.82) is 0 Å². The number of aryl methyl sites for hydroxylation is 2. The van der Waals surface area contributed by atoms with Gasteiger partial charge in [0.05, 0.1) is 18.3 Å². The normalized spacial score (nSPS) is 23.2. The van der Waals surface area contributed by atoms with Crippen molar-refractivity contribution in [1.82, 2.24) is 9.88 Å². The first-order valence-electron chi connectivity index (χ1n) is 6.91. The molecule has 1 aliphatic rings. The minimum Gasteiger partial charge on any atom is -0.444 e. The van der Waals surface area contributed by atoms with Gasteiger partial charge in [-0.1, -0.05) is 6.42 Å². The molecule has 0 radical (unpaired) electrons. The van der Waals surface area contributed by atoms with Gasteiger partial charge in [0.2, 0.25) is 5.89 Å². The van der Waals surface area contributed by atoms with E-state index in [4.69, 9.17) is 4.42 Å². The molecular weight excluding hydrogens is 228 g/mol. The number of aliphatic hydroxyl groups excluding tert-OH is 1. The summed E-state index contributed by atoms with van der Waals surface area (Å²) in [6.07, 6.45) is 4.28. The van der Waals surface area contributed by atoms with Gasteiger partial charge in [-0.05, 0) is 46.6 Å². The first-order chi connectivity index (χ1) is 8.56. The lowest BCUT2D eigenvalue weighted by Crippen LogP contribution is -2.40. The molecule has 1 aliphatic heterocycles. The molecule has 0 bridgehead atoms. The number of aliphatic hydroxyl groups is 1. The van der Waals surface area contributed by atoms with Crippen molar-refractivity contribution < 1.29 is 9.52 Å². The van der Waals surface area contributed by atoms with Gasteiger partial charge in [-0.3, -0.25) is 4.90 Å². The Labute approximate surface area is 109 Å². The molecule has 0 aliphatic carbocycles. The lowest BCUT2D eigenvalue weighted by atomic mass is 9.97. The molecule has 4 heteroatoms. The van der Waals surface area contributed by atoms with Gasteiger partial charge in [0.25, 0.3) is 0 Å². The van der Waals surface area contributed by atoms with Crippen LogP contribution in [0, 0.1) is 13.8 Å². The average Bonchev–Trinajstić information content (AvgIpc) is 2.60. The first kappa shape index (κ1) is 13.6. The molecule has 1 fully saturated rings. The maximum Gasteiger partial charge on any atom is 0.208 e. The molecule has 102 valence electrons. The number of hydrogen-bond donors (Lipinski definition) is 1. The topological polar surface area (TPSA) is 49.5 Å². The highest BCUT2D eigenvalue weighted by Gasteiger charge is 2.25. The minimum atomic E-state index is -0.233. The lowest BCUT2D eigenvalue weighted by molar-refractivity contribution is 0.0753. The lowest BCUT2D eigenvalue weighted by Gasteiger charge is -2.35. The van der Waals surface area contributed by atoms with E-state index in [1.165, 1.54) is 19.3 Å². The number of hydrogen-bond acceptors (Lipinski definition) is 4. The maximum absolute atomic E-state index is 9.57. The molecule has 1 saturated heterocycles. The summed E-state index contributed by atoms with van der Waals surface area (Å²) in [4.78, 5) is 6.85. The van der Waals surface area contributed by atoms with E-state index in [9.17, 15) is 5.11 Å². The summed E-state index contributed by atoms with van der Waals surface area (Å²) in [5.74, 6) is 1.72. The smallest absolute Gasteiger partial charge is 0.208 e. The van der Waals surface area contributed by atoms with E-state index in [2.05, 4.69) is 9.88 Å². The quantitative estimate of drug-likeness (QED) is 0.894. The summed E-state index contributed by atoms with van der Waals surface area (Å²) in [5, 5.41) is 9.57.